The van der Waals surface area contributed by atoms with Gasteiger partial charge >= 0.3 is 0 Å². The Labute approximate surface area is 188 Å². The minimum Gasteiger partial charge on any atom is -0.379 e. The van der Waals surface area contributed by atoms with E-state index in [1.165, 1.54) is 18.2 Å². The van der Waals surface area contributed by atoms with Gasteiger partial charge in [0, 0.05) is 50.7 Å². The summed E-state index contributed by atoms with van der Waals surface area (Å²) in [6.07, 6.45) is 0.530. The van der Waals surface area contributed by atoms with Crippen LogP contribution in [0.5, 0.6) is 0 Å². The number of halogens is 3. The number of nitrogens with zero attached hydrogens (tertiary/aromatic N) is 1. The molecule has 170 valence electrons. The van der Waals surface area contributed by atoms with E-state index in [-0.39, 0.29) is 61.2 Å². The zero-order valence-electron chi connectivity index (χ0n) is 16.7. The molecule has 2 heterocycles. The number of ether oxygens (including phenoxy) is 2. The van der Waals surface area contributed by atoms with Crippen LogP contribution in [-0.2, 0) is 19.1 Å². The maximum Gasteiger partial charge on any atom is 0.226 e. The monoisotopic (exact) mass is 466 g/mol. The lowest BCUT2D eigenvalue weighted by Crippen LogP contribution is -2.43. The van der Waals surface area contributed by atoms with Crippen LogP contribution in [0.1, 0.15) is 12.8 Å². The molecular formula is C19H29Cl2FN4O4. The molecule has 2 saturated heterocycles. The Bertz CT molecular complexity index is 686. The Morgan fingerprint density at radius 3 is 2.57 bits per heavy atom. The van der Waals surface area contributed by atoms with Crippen molar-refractivity contribution in [1.82, 2.24) is 10.2 Å². The van der Waals surface area contributed by atoms with Crippen LogP contribution in [0.3, 0.4) is 0 Å². The number of anilines is 2. The lowest BCUT2D eigenvalue weighted by atomic mass is 10.2. The van der Waals surface area contributed by atoms with Crippen molar-refractivity contribution in [3.05, 3.63) is 24.0 Å². The molecule has 2 aliphatic rings. The van der Waals surface area contributed by atoms with Crippen molar-refractivity contribution < 1.29 is 23.5 Å². The molecule has 2 amide bonds. The Hall–Kier alpha value is -1.49. The largest absolute Gasteiger partial charge is 0.379 e. The fraction of sp³-hybridized carbons (Fsp3) is 0.579. The summed E-state index contributed by atoms with van der Waals surface area (Å²) in [6.45, 7) is 5.37. The molecule has 30 heavy (non-hydrogen) atoms. The zero-order chi connectivity index (χ0) is 19.8. The topological polar surface area (TPSA) is 91.9 Å². The molecule has 0 aromatic heterocycles. The summed E-state index contributed by atoms with van der Waals surface area (Å²) >= 11 is 0. The van der Waals surface area contributed by atoms with Crippen LogP contribution in [0.15, 0.2) is 18.2 Å². The zero-order valence-corrected chi connectivity index (χ0v) is 18.3. The third-order valence-corrected chi connectivity index (χ3v) is 4.71. The third-order valence-electron chi connectivity index (χ3n) is 4.71. The predicted octanol–water partition coefficient (Wildman–Crippen LogP) is 1.65. The average Bonchev–Trinajstić information content (AvgIpc) is 2.70. The first-order valence-electron chi connectivity index (χ1n) is 9.60. The van der Waals surface area contributed by atoms with Gasteiger partial charge in [-0.25, -0.2) is 4.39 Å². The number of morpholine rings is 2. The number of nitrogens with one attached hydrogen (secondary N) is 3. The van der Waals surface area contributed by atoms with E-state index < -0.39 is 5.82 Å². The minimum absolute atomic E-state index is 0. The number of carbonyl (C=O) groups excluding carboxylic acids is 2. The van der Waals surface area contributed by atoms with Crippen molar-refractivity contribution in [2.75, 3.05) is 63.2 Å². The van der Waals surface area contributed by atoms with Crippen molar-refractivity contribution in [3.63, 3.8) is 0 Å². The molecule has 0 aliphatic carbocycles. The predicted molar refractivity (Wildman–Crippen MR) is 117 cm³/mol. The molecule has 0 bridgehead atoms. The first-order valence-corrected chi connectivity index (χ1v) is 9.60. The molecule has 3 rings (SSSR count). The van der Waals surface area contributed by atoms with Crippen LogP contribution in [0, 0.1) is 5.82 Å². The highest BCUT2D eigenvalue weighted by atomic mass is 35.5. The van der Waals surface area contributed by atoms with Gasteiger partial charge < -0.3 is 25.4 Å². The highest BCUT2D eigenvalue weighted by Crippen LogP contribution is 2.20. The van der Waals surface area contributed by atoms with Crippen molar-refractivity contribution in [2.24, 2.45) is 0 Å². The standard InChI is InChI=1S/C19H27FN4O4.2ClH/c20-16-2-1-14(22-19(26)12-15-13-28-8-4-21-15)11-17(16)23-18(25)3-5-24-6-9-27-10-7-24;;/h1-2,11,15,21H,3-10,12-13H2,(H,22,26)(H,23,25);2*1H. The van der Waals surface area contributed by atoms with Gasteiger partial charge in [-0.05, 0) is 18.2 Å². The lowest BCUT2D eigenvalue weighted by Gasteiger charge is -2.26. The number of hydrogen-bond donors (Lipinski definition) is 3. The molecule has 11 heteroatoms. The van der Waals surface area contributed by atoms with Crippen LogP contribution in [0.2, 0.25) is 0 Å². The van der Waals surface area contributed by atoms with Gasteiger partial charge in [0.15, 0.2) is 0 Å². The summed E-state index contributed by atoms with van der Waals surface area (Å²) in [7, 11) is 0. The molecule has 0 spiro atoms. The van der Waals surface area contributed by atoms with E-state index >= 15 is 0 Å². The summed E-state index contributed by atoms with van der Waals surface area (Å²) in [5.41, 5.74) is 0.496. The summed E-state index contributed by atoms with van der Waals surface area (Å²) in [5.74, 6) is -1.00. The molecule has 3 N–H and O–H groups in total. The Morgan fingerprint density at radius 2 is 1.87 bits per heavy atom. The summed E-state index contributed by atoms with van der Waals surface area (Å²) in [5, 5.41) is 8.54. The van der Waals surface area contributed by atoms with Gasteiger partial charge in [0.05, 0.1) is 32.1 Å². The van der Waals surface area contributed by atoms with Gasteiger partial charge in [-0.15, -0.1) is 24.8 Å². The maximum atomic E-state index is 14.1. The van der Waals surface area contributed by atoms with Crippen molar-refractivity contribution >= 4 is 48.0 Å². The second kappa shape index (κ2) is 13.7. The number of hydrogen-bond acceptors (Lipinski definition) is 6. The molecule has 8 nitrogen and oxygen atoms in total. The maximum absolute atomic E-state index is 14.1. The summed E-state index contributed by atoms with van der Waals surface area (Å²) in [4.78, 5) is 26.5. The van der Waals surface area contributed by atoms with E-state index in [4.69, 9.17) is 9.47 Å². The van der Waals surface area contributed by atoms with Gasteiger partial charge in [-0.2, -0.15) is 0 Å². The second-order valence-electron chi connectivity index (χ2n) is 6.93. The van der Waals surface area contributed by atoms with Crippen LogP contribution < -0.4 is 16.0 Å². The third kappa shape index (κ3) is 8.71. The lowest BCUT2D eigenvalue weighted by molar-refractivity contribution is -0.117. The van der Waals surface area contributed by atoms with Crippen LogP contribution >= 0.6 is 24.8 Å². The Morgan fingerprint density at radius 1 is 1.10 bits per heavy atom. The quantitative estimate of drug-likeness (QED) is 0.565. The minimum atomic E-state index is -0.542. The van der Waals surface area contributed by atoms with Gasteiger partial charge in [-0.1, -0.05) is 0 Å². The molecule has 2 aliphatic heterocycles. The van der Waals surface area contributed by atoms with Crippen LogP contribution in [0.4, 0.5) is 15.8 Å². The highest BCUT2D eigenvalue weighted by molar-refractivity contribution is 5.94. The van der Waals surface area contributed by atoms with Crippen LogP contribution in [0.25, 0.3) is 0 Å². The average molecular weight is 467 g/mol. The Balaban J connectivity index is 0.00000225. The first-order chi connectivity index (χ1) is 13.6. The van der Waals surface area contributed by atoms with E-state index in [9.17, 15) is 14.0 Å². The first kappa shape index (κ1) is 26.5. The van der Waals surface area contributed by atoms with E-state index in [2.05, 4.69) is 20.9 Å². The normalized spacial score (nSPS) is 19.2. The SMILES string of the molecule is Cl.Cl.O=C(CC1COCCN1)Nc1ccc(F)c(NC(=O)CCN2CCOCC2)c1. The molecular weight excluding hydrogens is 438 g/mol. The summed E-state index contributed by atoms with van der Waals surface area (Å²) in [6, 6.07) is 4.11. The van der Waals surface area contributed by atoms with Crippen molar-refractivity contribution in [1.29, 1.82) is 0 Å². The van der Waals surface area contributed by atoms with Gasteiger partial charge in [0.1, 0.15) is 5.82 Å². The molecule has 1 unspecified atom stereocenters. The van der Waals surface area contributed by atoms with E-state index in [0.717, 1.165) is 19.6 Å². The fourth-order valence-electron chi connectivity index (χ4n) is 3.18. The van der Waals surface area contributed by atoms with Crippen LogP contribution in [-0.4, -0.2) is 75.4 Å². The fourth-order valence-corrected chi connectivity index (χ4v) is 3.18. The molecule has 1 aromatic carbocycles. The second-order valence-corrected chi connectivity index (χ2v) is 6.93. The van der Waals surface area contributed by atoms with E-state index in [1.807, 2.05) is 0 Å². The molecule has 1 aromatic rings. The highest BCUT2D eigenvalue weighted by Gasteiger charge is 2.18. The van der Waals surface area contributed by atoms with Gasteiger partial charge in [0.25, 0.3) is 0 Å². The molecule has 0 saturated carbocycles. The number of amides is 2. The molecule has 1 atom stereocenters. The number of rotatable bonds is 7. The Kier molecular flexibility index (Phi) is 12.2. The molecule has 2 fully saturated rings. The smallest absolute Gasteiger partial charge is 0.226 e. The van der Waals surface area contributed by atoms with Crippen molar-refractivity contribution in [3.8, 4) is 0 Å². The number of benzene rings is 1. The summed E-state index contributed by atoms with van der Waals surface area (Å²) < 4.78 is 24.7. The molecule has 0 radical (unpaired) electrons. The van der Waals surface area contributed by atoms with Gasteiger partial charge in [0.2, 0.25) is 11.8 Å². The van der Waals surface area contributed by atoms with E-state index in [1.54, 1.807) is 0 Å². The number of carbonyl (C=O) groups is 2. The van der Waals surface area contributed by atoms with Gasteiger partial charge in [-0.3, -0.25) is 14.5 Å². The van der Waals surface area contributed by atoms with E-state index in [0.29, 0.717) is 38.7 Å². The van der Waals surface area contributed by atoms with Crippen molar-refractivity contribution in [2.45, 2.75) is 18.9 Å².